The Labute approximate surface area is 88.5 Å². The summed E-state index contributed by atoms with van der Waals surface area (Å²) in [4.78, 5) is 4.29. The summed E-state index contributed by atoms with van der Waals surface area (Å²) in [7, 11) is 0. The van der Waals surface area contributed by atoms with E-state index in [1.54, 1.807) is 18.0 Å². The minimum Gasteiger partial charge on any atom is -0.381 e. The van der Waals surface area contributed by atoms with Crippen molar-refractivity contribution in [1.29, 1.82) is 0 Å². The van der Waals surface area contributed by atoms with Crippen molar-refractivity contribution in [2.45, 2.75) is 31.9 Å². The minimum absolute atomic E-state index is 0.677. The average molecular weight is 212 g/mol. The standard InChI is InChI=1S/C10H16N2OS/c1-2-5-12-6-4-11-9(12)10(13)3-7-14-8-10/h4,6,13H,2-3,5,7-8H2,1H3. The molecule has 0 spiro atoms. The number of aryl methyl sites for hydroxylation is 1. The van der Waals surface area contributed by atoms with Gasteiger partial charge in [0.1, 0.15) is 11.4 Å². The molecule has 1 saturated heterocycles. The van der Waals surface area contributed by atoms with Crippen LogP contribution in [0.2, 0.25) is 0 Å². The second kappa shape index (κ2) is 3.95. The Morgan fingerprint density at radius 2 is 2.57 bits per heavy atom. The number of rotatable bonds is 3. The minimum atomic E-state index is -0.677. The largest absolute Gasteiger partial charge is 0.381 e. The fourth-order valence-corrected chi connectivity index (χ4v) is 3.11. The molecule has 4 heteroatoms. The zero-order valence-corrected chi connectivity index (χ0v) is 9.26. The molecule has 1 fully saturated rings. The second-order valence-corrected chi connectivity index (χ2v) is 4.88. The Morgan fingerprint density at radius 1 is 1.71 bits per heavy atom. The van der Waals surface area contributed by atoms with E-state index in [1.807, 2.05) is 6.20 Å². The Kier molecular flexibility index (Phi) is 2.83. The Hall–Kier alpha value is -0.480. The van der Waals surface area contributed by atoms with Gasteiger partial charge in [-0.3, -0.25) is 0 Å². The quantitative estimate of drug-likeness (QED) is 0.827. The van der Waals surface area contributed by atoms with Crippen LogP contribution in [0.1, 0.15) is 25.6 Å². The van der Waals surface area contributed by atoms with Crippen LogP contribution in [-0.4, -0.2) is 26.2 Å². The normalized spacial score (nSPS) is 27.0. The highest BCUT2D eigenvalue weighted by Crippen LogP contribution is 2.35. The van der Waals surface area contributed by atoms with Crippen molar-refractivity contribution in [3.63, 3.8) is 0 Å². The Bertz CT molecular complexity index is 305. The van der Waals surface area contributed by atoms with Gasteiger partial charge < -0.3 is 9.67 Å². The lowest BCUT2D eigenvalue weighted by Crippen LogP contribution is -2.29. The smallest absolute Gasteiger partial charge is 0.141 e. The van der Waals surface area contributed by atoms with Gasteiger partial charge in [-0.15, -0.1) is 0 Å². The highest BCUT2D eigenvalue weighted by atomic mass is 32.2. The highest BCUT2D eigenvalue weighted by Gasteiger charge is 2.37. The number of aliphatic hydroxyl groups is 1. The van der Waals surface area contributed by atoms with Gasteiger partial charge in [-0.25, -0.2) is 4.98 Å². The van der Waals surface area contributed by atoms with Crippen molar-refractivity contribution in [3.05, 3.63) is 18.2 Å². The third-order valence-electron chi connectivity index (χ3n) is 2.60. The van der Waals surface area contributed by atoms with E-state index in [4.69, 9.17) is 0 Å². The molecule has 2 rings (SSSR count). The fraction of sp³-hybridized carbons (Fsp3) is 0.700. The molecule has 1 N–H and O–H groups in total. The maximum absolute atomic E-state index is 10.4. The number of hydrogen-bond donors (Lipinski definition) is 1. The van der Waals surface area contributed by atoms with Gasteiger partial charge in [0.05, 0.1) is 0 Å². The predicted molar refractivity (Wildman–Crippen MR) is 58.4 cm³/mol. The maximum Gasteiger partial charge on any atom is 0.141 e. The molecule has 1 aromatic heterocycles. The fourth-order valence-electron chi connectivity index (χ4n) is 1.87. The first-order valence-electron chi connectivity index (χ1n) is 5.08. The molecule has 14 heavy (non-hydrogen) atoms. The van der Waals surface area contributed by atoms with Crippen molar-refractivity contribution in [3.8, 4) is 0 Å². The number of imidazole rings is 1. The topological polar surface area (TPSA) is 38.0 Å². The summed E-state index contributed by atoms with van der Waals surface area (Å²) in [5.41, 5.74) is -0.677. The van der Waals surface area contributed by atoms with Gasteiger partial charge in [0.25, 0.3) is 0 Å². The molecule has 0 aromatic carbocycles. The van der Waals surface area contributed by atoms with Crippen LogP contribution in [-0.2, 0) is 12.1 Å². The molecular formula is C10H16N2OS. The van der Waals surface area contributed by atoms with Crippen LogP contribution < -0.4 is 0 Å². The van der Waals surface area contributed by atoms with E-state index in [0.717, 1.165) is 36.7 Å². The molecule has 3 nitrogen and oxygen atoms in total. The van der Waals surface area contributed by atoms with E-state index in [9.17, 15) is 5.11 Å². The summed E-state index contributed by atoms with van der Waals surface area (Å²) < 4.78 is 2.08. The molecule has 78 valence electrons. The zero-order valence-electron chi connectivity index (χ0n) is 8.44. The lowest BCUT2D eigenvalue weighted by molar-refractivity contribution is 0.0522. The summed E-state index contributed by atoms with van der Waals surface area (Å²) in [6.07, 6.45) is 5.65. The average Bonchev–Trinajstić information content (AvgIpc) is 2.75. The van der Waals surface area contributed by atoms with Crippen molar-refractivity contribution in [2.24, 2.45) is 0 Å². The molecule has 1 aromatic rings. The van der Waals surface area contributed by atoms with Gasteiger partial charge in [0.2, 0.25) is 0 Å². The molecule has 1 aliphatic rings. The molecule has 0 amide bonds. The maximum atomic E-state index is 10.4. The predicted octanol–water partition coefficient (Wildman–Crippen LogP) is 1.62. The van der Waals surface area contributed by atoms with Crippen molar-refractivity contribution >= 4 is 11.8 Å². The Balaban J connectivity index is 2.25. The molecule has 1 aliphatic heterocycles. The van der Waals surface area contributed by atoms with Gasteiger partial charge in [-0.2, -0.15) is 11.8 Å². The number of hydrogen-bond acceptors (Lipinski definition) is 3. The van der Waals surface area contributed by atoms with Gasteiger partial charge in [0, 0.05) is 24.7 Å². The van der Waals surface area contributed by atoms with E-state index in [-0.39, 0.29) is 0 Å². The van der Waals surface area contributed by atoms with Crippen molar-refractivity contribution in [2.75, 3.05) is 11.5 Å². The van der Waals surface area contributed by atoms with E-state index in [1.165, 1.54) is 0 Å². The highest BCUT2D eigenvalue weighted by molar-refractivity contribution is 7.99. The van der Waals surface area contributed by atoms with E-state index in [0.29, 0.717) is 0 Å². The molecular weight excluding hydrogens is 196 g/mol. The van der Waals surface area contributed by atoms with Crippen LogP contribution in [0, 0.1) is 0 Å². The summed E-state index contributed by atoms with van der Waals surface area (Å²) in [6, 6.07) is 0. The van der Waals surface area contributed by atoms with Crippen LogP contribution in [0.5, 0.6) is 0 Å². The van der Waals surface area contributed by atoms with Crippen LogP contribution in [0.15, 0.2) is 12.4 Å². The van der Waals surface area contributed by atoms with E-state index < -0.39 is 5.60 Å². The van der Waals surface area contributed by atoms with Gasteiger partial charge in [-0.1, -0.05) is 6.92 Å². The summed E-state index contributed by atoms with van der Waals surface area (Å²) in [6.45, 7) is 3.08. The number of thioether (sulfide) groups is 1. The molecule has 1 unspecified atom stereocenters. The van der Waals surface area contributed by atoms with Crippen molar-refractivity contribution < 1.29 is 5.11 Å². The molecule has 0 saturated carbocycles. The van der Waals surface area contributed by atoms with E-state index in [2.05, 4.69) is 16.5 Å². The van der Waals surface area contributed by atoms with Gasteiger partial charge in [-0.05, 0) is 18.6 Å². The van der Waals surface area contributed by atoms with Crippen molar-refractivity contribution in [1.82, 2.24) is 9.55 Å². The van der Waals surface area contributed by atoms with Gasteiger partial charge >= 0.3 is 0 Å². The molecule has 0 bridgehead atoms. The summed E-state index contributed by atoms with van der Waals surface area (Å²) in [5, 5.41) is 10.4. The summed E-state index contributed by atoms with van der Waals surface area (Å²) >= 11 is 1.80. The van der Waals surface area contributed by atoms with Crippen LogP contribution in [0.4, 0.5) is 0 Å². The SMILES string of the molecule is CCCn1ccnc1C1(O)CCSC1. The first-order chi connectivity index (χ1) is 6.76. The Morgan fingerprint density at radius 3 is 3.21 bits per heavy atom. The molecule has 1 atom stereocenters. The molecule has 0 radical (unpaired) electrons. The van der Waals surface area contributed by atoms with Crippen LogP contribution in [0.25, 0.3) is 0 Å². The summed E-state index contributed by atoms with van der Waals surface area (Å²) in [5.74, 6) is 2.67. The molecule has 0 aliphatic carbocycles. The monoisotopic (exact) mass is 212 g/mol. The van der Waals surface area contributed by atoms with Crippen LogP contribution in [0.3, 0.4) is 0 Å². The zero-order chi connectivity index (χ0) is 10.0. The first kappa shape index (κ1) is 10.1. The van der Waals surface area contributed by atoms with E-state index >= 15 is 0 Å². The third kappa shape index (κ3) is 1.68. The number of aromatic nitrogens is 2. The van der Waals surface area contributed by atoms with Crippen LogP contribution >= 0.6 is 11.8 Å². The second-order valence-electron chi connectivity index (χ2n) is 3.78. The lowest BCUT2D eigenvalue weighted by atomic mass is 10.0. The number of nitrogens with zero attached hydrogens (tertiary/aromatic N) is 2. The third-order valence-corrected chi connectivity index (χ3v) is 3.77. The molecule has 2 heterocycles. The lowest BCUT2D eigenvalue weighted by Gasteiger charge is -2.21. The van der Waals surface area contributed by atoms with Gasteiger partial charge in [0.15, 0.2) is 0 Å². The first-order valence-corrected chi connectivity index (χ1v) is 6.23.